The summed E-state index contributed by atoms with van der Waals surface area (Å²) in [4.78, 5) is 12.2. The normalized spacial score (nSPS) is 11.3. The molecule has 0 aliphatic carbocycles. The van der Waals surface area contributed by atoms with Gasteiger partial charge >= 0.3 is 0 Å². The van der Waals surface area contributed by atoms with Crippen LogP contribution in [0.4, 0.5) is 0 Å². The number of nitrogens with one attached hydrogen (secondary N) is 1. The molecule has 0 fully saturated rings. The van der Waals surface area contributed by atoms with Gasteiger partial charge in [-0.25, -0.2) is 8.42 Å². The second-order valence-electron chi connectivity index (χ2n) is 5.72. The summed E-state index contributed by atoms with van der Waals surface area (Å²) in [7, 11) is -1.94. The van der Waals surface area contributed by atoms with E-state index in [2.05, 4.69) is 5.32 Å². The first-order chi connectivity index (χ1) is 12.5. The van der Waals surface area contributed by atoms with E-state index in [0.29, 0.717) is 24.4 Å². The van der Waals surface area contributed by atoms with E-state index < -0.39 is 10.0 Å². The molecule has 0 saturated carbocycles. The minimum absolute atomic E-state index is 0.0453. The summed E-state index contributed by atoms with van der Waals surface area (Å²) in [6, 6.07) is 16.1. The van der Waals surface area contributed by atoms with E-state index in [-0.39, 0.29) is 18.2 Å². The van der Waals surface area contributed by atoms with Gasteiger partial charge in [0.25, 0.3) is 5.91 Å². The maximum atomic E-state index is 12.5. The lowest BCUT2D eigenvalue weighted by Gasteiger charge is -2.20. The van der Waals surface area contributed by atoms with Crippen LogP contribution in [0.25, 0.3) is 0 Å². The molecule has 2 aromatic rings. The van der Waals surface area contributed by atoms with Crippen molar-refractivity contribution in [3.8, 4) is 5.75 Å². The third-order valence-corrected chi connectivity index (χ3v) is 5.82. The average Bonchev–Trinajstić information content (AvgIpc) is 2.66. The lowest BCUT2D eigenvalue weighted by Crippen LogP contribution is -2.37. The van der Waals surface area contributed by atoms with E-state index in [9.17, 15) is 13.2 Å². The average molecular weight is 376 g/mol. The minimum Gasteiger partial charge on any atom is -0.497 e. The zero-order valence-electron chi connectivity index (χ0n) is 15.0. The van der Waals surface area contributed by atoms with Crippen LogP contribution >= 0.6 is 0 Å². The molecule has 0 atom stereocenters. The fraction of sp³-hybridized carbons (Fsp3) is 0.316. The predicted octanol–water partition coefficient (Wildman–Crippen LogP) is 2.28. The number of benzene rings is 2. The summed E-state index contributed by atoms with van der Waals surface area (Å²) in [5.74, 6) is 0.0964. The summed E-state index contributed by atoms with van der Waals surface area (Å²) >= 11 is 0. The molecule has 140 valence electrons. The molecular formula is C19H24N2O4S. The highest BCUT2D eigenvalue weighted by Crippen LogP contribution is 2.12. The standard InChI is InChI=1S/C19H24N2O4S/c1-3-21(15-16-8-5-4-6-9-16)26(23,24)13-12-20-19(22)17-10-7-11-18(14-17)25-2/h4-11,14H,3,12-13,15H2,1-2H3,(H,20,22). The van der Waals surface area contributed by atoms with Gasteiger partial charge in [0.1, 0.15) is 5.75 Å². The third kappa shape index (κ3) is 5.57. The van der Waals surface area contributed by atoms with Gasteiger partial charge in [-0.3, -0.25) is 4.79 Å². The lowest BCUT2D eigenvalue weighted by molar-refractivity contribution is 0.0955. The van der Waals surface area contributed by atoms with Crippen molar-refractivity contribution in [2.45, 2.75) is 13.5 Å². The summed E-state index contributed by atoms with van der Waals surface area (Å²) in [6.45, 7) is 2.55. The Morgan fingerprint density at radius 2 is 1.85 bits per heavy atom. The van der Waals surface area contributed by atoms with Crippen LogP contribution in [0.2, 0.25) is 0 Å². The molecule has 0 heterocycles. The smallest absolute Gasteiger partial charge is 0.251 e. The van der Waals surface area contributed by atoms with E-state index >= 15 is 0 Å². The number of amides is 1. The van der Waals surface area contributed by atoms with Gasteiger partial charge in [0.05, 0.1) is 12.9 Å². The van der Waals surface area contributed by atoms with Crippen LogP contribution in [0, 0.1) is 0 Å². The van der Waals surface area contributed by atoms with E-state index in [4.69, 9.17) is 4.74 Å². The van der Waals surface area contributed by atoms with Crippen molar-refractivity contribution in [1.29, 1.82) is 0 Å². The lowest BCUT2D eigenvalue weighted by atomic mass is 10.2. The minimum atomic E-state index is -3.47. The Morgan fingerprint density at radius 1 is 1.12 bits per heavy atom. The molecule has 2 aromatic carbocycles. The summed E-state index contributed by atoms with van der Waals surface area (Å²) < 4.78 is 31.6. The largest absolute Gasteiger partial charge is 0.497 e. The van der Waals surface area contributed by atoms with Crippen molar-refractivity contribution < 1.29 is 17.9 Å². The van der Waals surface area contributed by atoms with Gasteiger partial charge in [-0.2, -0.15) is 4.31 Å². The first kappa shape index (κ1) is 19.9. The second kappa shape index (κ2) is 9.35. The van der Waals surface area contributed by atoms with Gasteiger partial charge in [-0.15, -0.1) is 0 Å². The van der Waals surface area contributed by atoms with Crippen LogP contribution in [0.3, 0.4) is 0 Å². The quantitative estimate of drug-likeness (QED) is 0.728. The number of sulfonamides is 1. The highest BCUT2D eigenvalue weighted by atomic mass is 32.2. The Labute approximate surface area is 154 Å². The highest BCUT2D eigenvalue weighted by molar-refractivity contribution is 7.89. The first-order valence-electron chi connectivity index (χ1n) is 8.40. The van der Waals surface area contributed by atoms with Crippen LogP contribution < -0.4 is 10.1 Å². The van der Waals surface area contributed by atoms with Crippen molar-refractivity contribution in [2.75, 3.05) is 26.0 Å². The summed E-state index contributed by atoms with van der Waals surface area (Å²) in [5, 5.41) is 2.65. The molecule has 0 spiro atoms. The zero-order chi connectivity index (χ0) is 19.0. The van der Waals surface area contributed by atoms with Crippen LogP contribution in [-0.4, -0.2) is 44.6 Å². The molecule has 1 N–H and O–H groups in total. The van der Waals surface area contributed by atoms with Crippen molar-refractivity contribution in [2.24, 2.45) is 0 Å². The highest BCUT2D eigenvalue weighted by Gasteiger charge is 2.20. The number of ether oxygens (including phenoxy) is 1. The molecule has 0 aromatic heterocycles. The number of hydrogen-bond donors (Lipinski definition) is 1. The Morgan fingerprint density at radius 3 is 2.50 bits per heavy atom. The fourth-order valence-corrected chi connectivity index (χ4v) is 3.84. The molecule has 6 nitrogen and oxygen atoms in total. The Kier molecular flexibility index (Phi) is 7.17. The second-order valence-corrected chi connectivity index (χ2v) is 7.80. The molecule has 7 heteroatoms. The Balaban J connectivity index is 1.92. The zero-order valence-corrected chi connectivity index (χ0v) is 15.8. The first-order valence-corrected chi connectivity index (χ1v) is 10.0. The number of methoxy groups -OCH3 is 1. The molecule has 2 rings (SSSR count). The number of hydrogen-bond acceptors (Lipinski definition) is 4. The van der Waals surface area contributed by atoms with Gasteiger partial charge in [0, 0.05) is 25.2 Å². The van der Waals surface area contributed by atoms with Gasteiger partial charge < -0.3 is 10.1 Å². The van der Waals surface area contributed by atoms with Gasteiger partial charge in [-0.1, -0.05) is 43.3 Å². The van der Waals surface area contributed by atoms with E-state index in [1.54, 1.807) is 31.2 Å². The SMILES string of the molecule is CCN(Cc1ccccc1)S(=O)(=O)CCNC(=O)c1cccc(OC)c1. The number of rotatable bonds is 9. The van der Waals surface area contributed by atoms with Crippen molar-refractivity contribution >= 4 is 15.9 Å². The molecule has 0 saturated heterocycles. The topological polar surface area (TPSA) is 75.7 Å². The summed E-state index contributed by atoms with van der Waals surface area (Å²) in [6.07, 6.45) is 0. The third-order valence-electron chi connectivity index (χ3n) is 3.93. The molecule has 0 aliphatic heterocycles. The number of carbonyl (C=O) groups excluding carboxylic acids is 1. The van der Waals surface area contributed by atoms with Crippen molar-refractivity contribution in [1.82, 2.24) is 9.62 Å². The molecular weight excluding hydrogens is 352 g/mol. The van der Waals surface area contributed by atoms with Crippen molar-refractivity contribution in [3.05, 3.63) is 65.7 Å². The van der Waals surface area contributed by atoms with Gasteiger partial charge in [-0.05, 0) is 23.8 Å². The van der Waals surface area contributed by atoms with Crippen LogP contribution in [0.15, 0.2) is 54.6 Å². The maximum Gasteiger partial charge on any atom is 0.251 e. The number of carbonyl (C=O) groups is 1. The molecule has 0 unspecified atom stereocenters. The van der Waals surface area contributed by atoms with Gasteiger partial charge in [0.2, 0.25) is 10.0 Å². The van der Waals surface area contributed by atoms with Crippen LogP contribution in [0.1, 0.15) is 22.8 Å². The molecule has 0 bridgehead atoms. The molecule has 1 amide bonds. The Hall–Kier alpha value is -2.38. The van der Waals surface area contributed by atoms with E-state index in [1.165, 1.54) is 11.4 Å². The van der Waals surface area contributed by atoms with Gasteiger partial charge in [0.15, 0.2) is 0 Å². The Bertz CT molecular complexity index is 822. The van der Waals surface area contributed by atoms with Crippen LogP contribution in [-0.2, 0) is 16.6 Å². The monoisotopic (exact) mass is 376 g/mol. The maximum absolute atomic E-state index is 12.5. The van der Waals surface area contributed by atoms with E-state index in [0.717, 1.165) is 5.56 Å². The van der Waals surface area contributed by atoms with E-state index in [1.807, 2.05) is 30.3 Å². The summed E-state index contributed by atoms with van der Waals surface area (Å²) in [5.41, 5.74) is 1.36. The molecule has 26 heavy (non-hydrogen) atoms. The predicted molar refractivity (Wildman–Crippen MR) is 102 cm³/mol. The number of nitrogens with zero attached hydrogens (tertiary/aromatic N) is 1. The fourth-order valence-electron chi connectivity index (χ4n) is 2.48. The molecule has 0 radical (unpaired) electrons. The molecule has 0 aliphatic rings. The van der Waals surface area contributed by atoms with Crippen LogP contribution in [0.5, 0.6) is 5.75 Å². The van der Waals surface area contributed by atoms with Crippen molar-refractivity contribution in [3.63, 3.8) is 0 Å².